The molecule has 1 aliphatic heterocycles. The molecular weight excluding hydrogens is 264 g/mol. The number of hydrogen-bond acceptors (Lipinski definition) is 5. The number of aromatic nitrogens is 3. The van der Waals surface area contributed by atoms with Gasteiger partial charge in [0.2, 0.25) is 5.88 Å². The van der Waals surface area contributed by atoms with E-state index in [2.05, 4.69) is 26.8 Å². The van der Waals surface area contributed by atoms with Crippen molar-refractivity contribution >= 4 is 0 Å². The van der Waals surface area contributed by atoms with Crippen molar-refractivity contribution in [1.29, 1.82) is 0 Å². The fraction of sp³-hybridized carbons (Fsp3) is 0.438. The van der Waals surface area contributed by atoms with Crippen LogP contribution in [-0.4, -0.2) is 39.5 Å². The van der Waals surface area contributed by atoms with Crippen molar-refractivity contribution in [3.8, 4) is 11.6 Å². The maximum atomic E-state index is 5.87. The Kier molecular flexibility index (Phi) is 4.40. The summed E-state index contributed by atoms with van der Waals surface area (Å²) in [5, 5.41) is 0. The molecule has 0 radical (unpaired) electrons. The summed E-state index contributed by atoms with van der Waals surface area (Å²) in [6.07, 6.45) is 9.06. The quantitative estimate of drug-likeness (QED) is 0.864. The number of rotatable bonds is 4. The van der Waals surface area contributed by atoms with E-state index in [1.165, 1.54) is 0 Å². The highest BCUT2D eigenvalue weighted by molar-refractivity contribution is 5.28. The minimum absolute atomic E-state index is 0.424. The summed E-state index contributed by atoms with van der Waals surface area (Å²) in [6, 6.07) is 3.73. The molecule has 5 nitrogen and oxygen atoms in total. The molecule has 0 unspecified atom stereocenters. The summed E-state index contributed by atoms with van der Waals surface area (Å²) >= 11 is 0. The van der Waals surface area contributed by atoms with Gasteiger partial charge in [-0.3, -0.25) is 9.97 Å². The monoisotopic (exact) mass is 284 g/mol. The van der Waals surface area contributed by atoms with E-state index < -0.39 is 0 Å². The second-order valence-electron chi connectivity index (χ2n) is 5.25. The third-order valence-corrected chi connectivity index (χ3v) is 3.96. The Bertz CT molecular complexity index is 567. The van der Waals surface area contributed by atoms with Gasteiger partial charge in [-0.25, -0.2) is 4.98 Å². The zero-order valence-electron chi connectivity index (χ0n) is 12.3. The molecule has 0 amide bonds. The predicted molar refractivity (Wildman–Crippen MR) is 80.4 cm³/mol. The van der Waals surface area contributed by atoms with Crippen molar-refractivity contribution in [2.24, 2.45) is 0 Å². The number of piperidine rings is 1. The van der Waals surface area contributed by atoms with E-state index in [9.17, 15) is 0 Å². The molecule has 5 heteroatoms. The van der Waals surface area contributed by atoms with E-state index in [1.807, 2.05) is 12.1 Å². The first-order valence-electron chi connectivity index (χ1n) is 7.48. The van der Waals surface area contributed by atoms with Gasteiger partial charge in [0, 0.05) is 24.5 Å². The second kappa shape index (κ2) is 6.63. The maximum absolute atomic E-state index is 5.87. The van der Waals surface area contributed by atoms with Crippen molar-refractivity contribution in [3.05, 3.63) is 42.6 Å². The van der Waals surface area contributed by atoms with Gasteiger partial charge in [0.25, 0.3) is 0 Å². The van der Waals surface area contributed by atoms with E-state index in [-0.39, 0.29) is 0 Å². The van der Waals surface area contributed by atoms with Crippen LogP contribution in [0.5, 0.6) is 11.6 Å². The lowest BCUT2D eigenvalue weighted by Gasteiger charge is -2.30. The van der Waals surface area contributed by atoms with E-state index >= 15 is 0 Å². The summed E-state index contributed by atoms with van der Waals surface area (Å²) in [4.78, 5) is 15.4. The standard InChI is InChI=1S/C16H20N4O/c1-2-20-10-5-13(6-11-20)15-16(19-9-8-18-15)21-14-4-3-7-17-12-14/h3-4,7-9,12-13H,2,5-6,10-11H2,1H3. The van der Waals surface area contributed by atoms with Gasteiger partial charge in [0.15, 0.2) is 0 Å². The Morgan fingerprint density at radius 1 is 1.19 bits per heavy atom. The van der Waals surface area contributed by atoms with Crippen molar-refractivity contribution < 1.29 is 4.74 Å². The van der Waals surface area contributed by atoms with Gasteiger partial charge in [-0.2, -0.15) is 0 Å². The van der Waals surface area contributed by atoms with Crippen LogP contribution < -0.4 is 4.74 Å². The molecule has 1 fully saturated rings. The van der Waals surface area contributed by atoms with Crippen LogP contribution in [0.25, 0.3) is 0 Å². The zero-order chi connectivity index (χ0) is 14.5. The van der Waals surface area contributed by atoms with E-state index in [0.29, 0.717) is 17.5 Å². The second-order valence-corrected chi connectivity index (χ2v) is 5.25. The van der Waals surface area contributed by atoms with Crippen LogP contribution in [0.15, 0.2) is 36.9 Å². The molecule has 3 rings (SSSR count). The van der Waals surface area contributed by atoms with Gasteiger partial charge in [-0.05, 0) is 44.6 Å². The SMILES string of the molecule is CCN1CCC(c2nccnc2Oc2cccnc2)CC1. The molecule has 3 heterocycles. The Morgan fingerprint density at radius 3 is 2.71 bits per heavy atom. The van der Waals surface area contributed by atoms with Gasteiger partial charge >= 0.3 is 0 Å². The smallest absolute Gasteiger partial charge is 0.241 e. The van der Waals surface area contributed by atoms with Gasteiger partial charge < -0.3 is 9.64 Å². The third-order valence-electron chi connectivity index (χ3n) is 3.96. The molecule has 110 valence electrons. The fourth-order valence-corrected chi connectivity index (χ4v) is 2.74. The molecule has 2 aromatic heterocycles. The summed E-state index contributed by atoms with van der Waals surface area (Å²) < 4.78 is 5.87. The van der Waals surface area contributed by atoms with Gasteiger partial charge in [-0.15, -0.1) is 0 Å². The third kappa shape index (κ3) is 3.36. The molecule has 0 aromatic carbocycles. The van der Waals surface area contributed by atoms with Crippen LogP contribution in [0.4, 0.5) is 0 Å². The molecule has 0 spiro atoms. The molecule has 1 aliphatic rings. The summed E-state index contributed by atoms with van der Waals surface area (Å²) in [7, 11) is 0. The summed E-state index contributed by atoms with van der Waals surface area (Å²) in [5.41, 5.74) is 0.970. The van der Waals surface area contributed by atoms with Crippen molar-refractivity contribution in [3.63, 3.8) is 0 Å². The molecule has 0 N–H and O–H groups in total. The van der Waals surface area contributed by atoms with E-state index in [1.54, 1.807) is 24.8 Å². The lowest BCUT2D eigenvalue weighted by atomic mass is 9.93. The van der Waals surface area contributed by atoms with Crippen LogP contribution in [0.2, 0.25) is 0 Å². The molecule has 2 aromatic rings. The molecule has 0 atom stereocenters. The Hall–Kier alpha value is -2.01. The number of nitrogens with zero attached hydrogens (tertiary/aromatic N) is 4. The van der Waals surface area contributed by atoms with Crippen molar-refractivity contribution in [2.45, 2.75) is 25.7 Å². The summed E-state index contributed by atoms with van der Waals surface area (Å²) in [6.45, 7) is 5.56. The van der Waals surface area contributed by atoms with Gasteiger partial charge in [0.05, 0.1) is 6.20 Å². The minimum atomic E-state index is 0.424. The van der Waals surface area contributed by atoms with E-state index in [4.69, 9.17) is 4.74 Å². The van der Waals surface area contributed by atoms with E-state index in [0.717, 1.165) is 38.2 Å². The molecule has 0 aliphatic carbocycles. The largest absolute Gasteiger partial charge is 0.436 e. The molecular formula is C16H20N4O. The van der Waals surface area contributed by atoms with Crippen LogP contribution in [0.1, 0.15) is 31.4 Å². The average Bonchev–Trinajstić information content (AvgIpc) is 2.56. The van der Waals surface area contributed by atoms with Crippen LogP contribution >= 0.6 is 0 Å². The van der Waals surface area contributed by atoms with Crippen molar-refractivity contribution in [1.82, 2.24) is 19.9 Å². The van der Waals surface area contributed by atoms with Crippen LogP contribution in [0.3, 0.4) is 0 Å². The first-order valence-corrected chi connectivity index (χ1v) is 7.48. The molecule has 1 saturated heterocycles. The molecule has 21 heavy (non-hydrogen) atoms. The van der Waals surface area contributed by atoms with Gasteiger partial charge in [0.1, 0.15) is 11.4 Å². The highest BCUT2D eigenvalue weighted by atomic mass is 16.5. The predicted octanol–water partition coefficient (Wildman–Crippen LogP) is 2.86. The Labute approximate surface area is 125 Å². The number of pyridine rings is 1. The zero-order valence-corrected chi connectivity index (χ0v) is 12.3. The number of likely N-dealkylation sites (tertiary alicyclic amines) is 1. The lowest BCUT2D eigenvalue weighted by Crippen LogP contribution is -2.33. The Morgan fingerprint density at radius 2 is 2.00 bits per heavy atom. The first kappa shape index (κ1) is 13.9. The van der Waals surface area contributed by atoms with Crippen LogP contribution in [0, 0.1) is 0 Å². The number of hydrogen-bond donors (Lipinski definition) is 0. The highest BCUT2D eigenvalue weighted by Gasteiger charge is 2.24. The topological polar surface area (TPSA) is 51.1 Å². The molecule has 0 saturated carbocycles. The lowest BCUT2D eigenvalue weighted by molar-refractivity contribution is 0.219. The average molecular weight is 284 g/mol. The Balaban J connectivity index is 1.77. The van der Waals surface area contributed by atoms with Gasteiger partial charge in [-0.1, -0.05) is 6.92 Å². The summed E-state index contributed by atoms with van der Waals surface area (Å²) in [5.74, 6) is 1.74. The maximum Gasteiger partial charge on any atom is 0.241 e. The fourth-order valence-electron chi connectivity index (χ4n) is 2.74. The first-order chi connectivity index (χ1) is 10.4. The van der Waals surface area contributed by atoms with Crippen LogP contribution in [-0.2, 0) is 0 Å². The minimum Gasteiger partial charge on any atom is -0.436 e. The molecule has 0 bridgehead atoms. The normalized spacial score (nSPS) is 16.8. The van der Waals surface area contributed by atoms with Crippen molar-refractivity contribution in [2.75, 3.05) is 19.6 Å². The number of ether oxygens (including phenoxy) is 1. The highest BCUT2D eigenvalue weighted by Crippen LogP contribution is 2.33.